The van der Waals surface area contributed by atoms with Gasteiger partial charge in [0.25, 0.3) is 0 Å². The predicted molar refractivity (Wildman–Crippen MR) is 109 cm³/mol. The molecule has 4 nitrogen and oxygen atoms in total. The topological polar surface area (TPSA) is 46.6 Å². The maximum Gasteiger partial charge on any atom is 0.471 e. The van der Waals surface area contributed by atoms with Crippen LogP contribution >= 0.6 is 15.9 Å². The molecule has 2 aromatic carbocycles. The van der Waals surface area contributed by atoms with Gasteiger partial charge in [0.1, 0.15) is 12.4 Å². The molecule has 0 bridgehead atoms. The van der Waals surface area contributed by atoms with Gasteiger partial charge >= 0.3 is 12.1 Å². The summed E-state index contributed by atoms with van der Waals surface area (Å²) in [5.41, 5.74) is 1.09. The predicted octanol–water partition coefficient (Wildman–Crippen LogP) is 5.17. The van der Waals surface area contributed by atoms with Gasteiger partial charge in [0.15, 0.2) is 5.78 Å². The Morgan fingerprint density at radius 2 is 1.57 bits per heavy atom. The molecular formula is C22H19BrF3NO3. The third-order valence-corrected chi connectivity index (χ3v) is 5.06. The number of alkyl halides is 3. The highest BCUT2D eigenvalue weighted by Gasteiger charge is 2.46. The van der Waals surface area contributed by atoms with E-state index in [2.05, 4.69) is 15.9 Å². The van der Waals surface area contributed by atoms with Crippen molar-refractivity contribution in [1.82, 2.24) is 4.90 Å². The Bertz CT molecular complexity index is 920. The van der Waals surface area contributed by atoms with E-state index < -0.39 is 12.1 Å². The quantitative estimate of drug-likeness (QED) is 0.386. The Morgan fingerprint density at radius 1 is 1.00 bits per heavy atom. The standard InChI is InChI=1S/C22H19BrF3NO3/c23-17-7-3-15(4-8-17)20(28)16-5-11-19(12-6-16)30-14-2-1-13-27(18-9-10-18)21(29)22(24,25)26/h1-8,11-12,18H,9-10,13-14H2. The van der Waals surface area contributed by atoms with Crippen LogP contribution in [0.5, 0.6) is 5.75 Å². The Labute approximate surface area is 180 Å². The van der Waals surface area contributed by atoms with Crippen LogP contribution in [0.1, 0.15) is 28.8 Å². The molecule has 158 valence electrons. The largest absolute Gasteiger partial charge is 0.490 e. The van der Waals surface area contributed by atoms with Crippen LogP contribution in [0.4, 0.5) is 13.2 Å². The molecule has 1 aliphatic rings. The van der Waals surface area contributed by atoms with Gasteiger partial charge in [-0.15, -0.1) is 0 Å². The van der Waals surface area contributed by atoms with E-state index in [0.717, 1.165) is 9.37 Å². The SMILES string of the molecule is O=C(c1ccc(Br)cc1)c1ccc(OCC=CCN(C(=O)C(F)(F)F)C2CC2)cc1. The lowest BCUT2D eigenvalue weighted by atomic mass is 10.0. The van der Waals surface area contributed by atoms with Crippen molar-refractivity contribution in [2.24, 2.45) is 0 Å². The van der Waals surface area contributed by atoms with E-state index in [0.29, 0.717) is 29.7 Å². The number of nitrogens with zero attached hydrogens (tertiary/aromatic N) is 1. The zero-order valence-electron chi connectivity index (χ0n) is 15.9. The average molecular weight is 482 g/mol. The molecule has 1 saturated carbocycles. The number of ether oxygens (including phenoxy) is 1. The summed E-state index contributed by atoms with van der Waals surface area (Å²) in [5, 5.41) is 0. The summed E-state index contributed by atoms with van der Waals surface area (Å²) in [7, 11) is 0. The van der Waals surface area contributed by atoms with E-state index in [4.69, 9.17) is 4.74 Å². The molecule has 1 fully saturated rings. The molecule has 0 aliphatic heterocycles. The summed E-state index contributed by atoms with van der Waals surface area (Å²) >= 11 is 3.33. The summed E-state index contributed by atoms with van der Waals surface area (Å²) in [6.07, 6.45) is -0.607. The Hall–Kier alpha value is -2.61. The molecule has 0 saturated heterocycles. The van der Waals surface area contributed by atoms with Gasteiger partial charge in [-0.2, -0.15) is 13.2 Å². The number of rotatable bonds is 8. The van der Waals surface area contributed by atoms with E-state index >= 15 is 0 Å². The number of ketones is 1. The first-order valence-corrected chi connectivity index (χ1v) is 10.1. The fraction of sp³-hybridized carbons (Fsp3) is 0.273. The maximum absolute atomic E-state index is 12.6. The second-order valence-corrected chi connectivity index (χ2v) is 7.74. The number of halogens is 4. The summed E-state index contributed by atoms with van der Waals surface area (Å²) in [6, 6.07) is 13.3. The smallest absolute Gasteiger partial charge is 0.471 e. The number of carbonyl (C=O) groups excluding carboxylic acids is 2. The van der Waals surface area contributed by atoms with E-state index in [9.17, 15) is 22.8 Å². The van der Waals surface area contributed by atoms with Crippen molar-refractivity contribution in [3.8, 4) is 5.75 Å². The zero-order valence-corrected chi connectivity index (χ0v) is 17.4. The van der Waals surface area contributed by atoms with E-state index in [-0.39, 0.29) is 25.0 Å². The highest BCUT2D eigenvalue weighted by Crippen LogP contribution is 2.30. The second kappa shape index (κ2) is 9.47. The van der Waals surface area contributed by atoms with Gasteiger partial charge in [-0.3, -0.25) is 9.59 Å². The molecule has 0 N–H and O–H groups in total. The van der Waals surface area contributed by atoms with Gasteiger partial charge in [-0.25, -0.2) is 0 Å². The molecule has 0 unspecified atom stereocenters. The van der Waals surface area contributed by atoms with Crippen molar-refractivity contribution < 1.29 is 27.5 Å². The third kappa shape index (κ3) is 5.95. The third-order valence-electron chi connectivity index (χ3n) is 4.53. The van der Waals surface area contributed by atoms with Gasteiger partial charge in [-0.1, -0.05) is 22.0 Å². The van der Waals surface area contributed by atoms with Gasteiger partial charge in [-0.05, 0) is 67.4 Å². The van der Waals surface area contributed by atoms with Crippen molar-refractivity contribution in [2.75, 3.05) is 13.2 Å². The molecule has 0 aromatic heterocycles. The molecule has 30 heavy (non-hydrogen) atoms. The molecular weight excluding hydrogens is 463 g/mol. The molecule has 8 heteroatoms. The van der Waals surface area contributed by atoms with E-state index in [1.54, 1.807) is 54.6 Å². The fourth-order valence-electron chi connectivity index (χ4n) is 2.82. The van der Waals surface area contributed by atoms with Crippen molar-refractivity contribution >= 4 is 27.6 Å². The molecule has 0 spiro atoms. The minimum atomic E-state index is -4.86. The number of benzene rings is 2. The van der Waals surface area contributed by atoms with Crippen LogP contribution < -0.4 is 4.74 Å². The Balaban J connectivity index is 1.49. The molecule has 3 rings (SSSR count). The average Bonchev–Trinajstić information content (AvgIpc) is 3.55. The number of hydrogen-bond acceptors (Lipinski definition) is 3. The van der Waals surface area contributed by atoms with E-state index in [1.807, 2.05) is 0 Å². The van der Waals surface area contributed by atoms with Crippen molar-refractivity contribution in [3.63, 3.8) is 0 Å². The lowest BCUT2D eigenvalue weighted by Gasteiger charge is -2.21. The van der Waals surface area contributed by atoms with Gasteiger partial charge < -0.3 is 9.64 Å². The van der Waals surface area contributed by atoms with Crippen molar-refractivity contribution in [1.29, 1.82) is 0 Å². The Kier molecular flexibility index (Phi) is 6.97. The number of amides is 1. The molecule has 1 amide bonds. The molecule has 2 aromatic rings. The summed E-state index contributed by atoms with van der Waals surface area (Å²) < 4.78 is 44.3. The monoisotopic (exact) mass is 481 g/mol. The van der Waals surface area contributed by atoms with Gasteiger partial charge in [0.2, 0.25) is 0 Å². The van der Waals surface area contributed by atoms with Crippen LogP contribution in [0.2, 0.25) is 0 Å². The first kappa shape index (κ1) is 22.1. The lowest BCUT2D eigenvalue weighted by Crippen LogP contribution is -2.42. The minimum absolute atomic E-state index is 0.104. The Morgan fingerprint density at radius 3 is 2.10 bits per heavy atom. The van der Waals surface area contributed by atoms with Crippen LogP contribution in [0.3, 0.4) is 0 Å². The first-order valence-electron chi connectivity index (χ1n) is 9.31. The normalized spacial score (nSPS) is 14.0. The fourth-order valence-corrected chi connectivity index (χ4v) is 3.08. The van der Waals surface area contributed by atoms with Crippen LogP contribution in [0.25, 0.3) is 0 Å². The first-order chi connectivity index (χ1) is 14.3. The van der Waals surface area contributed by atoms with E-state index in [1.165, 1.54) is 6.08 Å². The molecule has 0 atom stereocenters. The highest BCUT2D eigenvalue weighted by molar-refractivity contribution is 9.10. The minimum Gasteiger partial charge on any atom is -0.490 e. The van der Waals surface area contributed by atoms with Crippen LogP contribution in [-0.2, 0) is 4.79 Å². The summed E-state index contributed by atoms with van der Waals surface area (Å²) in [5.74, 6) is -1.39. The number of carbonyl (C=O) groups is 2. The summed E-state index contributed by atoms with van der Waals surface area (Å²) in [4.78, 5) is 24.7. The lowest BCUT2D eigenvalue weighted by molar-refractivity contribution is -0.185. The molecule has 0 radical (unpaired) electrons. The molecule has 1 aliphatic carbocycles. The summed E-state index contributed by atoms with van der Waals surface area (Å²) in [6.45, 7) is 0.0335. The maximum atomic E-state index is 12.6. The van der Waals surface area contributed by atoms with Gasteiger partial charge in [0.05, 0.1) is 0 Å². The van der Waals surface area contributed by atoms with Crippen LogP contribution in [-0.4, -0.2) is 42.0 Å². The number of hydrogen-bond donors (Lipinski definition) is 0. The second-order valence-electron chi connectivity index (χ2n) is 6.83. The highest BCUT2D eigenvalue weighted by atomic mass is 79.9. The van der Waals surface area contributed by atoms with Crippen molar-refractivity contribution in [2.45, 2.75) is 25.1 Å². The van der Waals surface area contributed by atoms with Crippen LogP contribution in [0.15, 0.2) is 65.2 Å². The van der Waals surface area contributed by atoms with Gasteiger partial charge in [0, 0.05) is 28.2 Å². The van der Waals surface area contributed by atoms with Crippen LogP contribution in [0, 0.1) is 0 Å². The zero-order chi connectivity index (χ0) is 21.7. The van der Waals surface area contributed by atoms with Crippen molar-refractivity contribution in [3.05, 3.63) is 76.3 Å². The molecule has 0 heterocycles.